The zero-order valence-electron chi connectivity index (χ0n) is 13.0. The first-order valence-electron chi connectivity index (χ1n) is 8.02. The van der Waals surface area contributed by atoms with Crippen molar-refractivity contribution in [2.24, 2.45) is 11.7 Å². The van der Waals surface area contributed by atoms with Crippen LogP contribution in [0.1, 0.15) is 57.6 Å². The van der Waals surface area contributed by atoms with Gasteiger partial charge in [-0.15, -0.1) is 0 Å². The van der Waals surface area contributed by atoms with Crippen LogP contribution >= 0.6 is 15.9 Å². The van der Waals surface area contributed by atoms with Crippen molar-refractivity contribution in [3.8, 4) is 11.5 Å². The van der Waals surface area contributed by atoms with Crippen LogP contribution in [-0.2, 0) is 0 Å². The van der Waals surface area contributed by atoms with E-state index >= 15 is 0 Å². The molecule has 1 aromatic carbocycles. The molecule has 0 amide bonds. The fourth-order valence-electron chi connectivity index (χ4n) is 2.81. The number of benzene rings is 1. The highest BCUT2D eigenvalue weighted by Crippen LogP contribution is 2.39. The lowest BCUT2D eigenvalue weighted by Crippen LogP contribution is -2.21. The summed E-state index contributed by atoms with van der Waals surface area (Å²) in [7, 11) is 0. The van der Waals surface area contributed by atoms with Gasteiger partial charge in [-0.05, 0) is 30.0 Å². The van der Waals surface area contributed by atoms with Gasteiger partial charge in [-0.3, -0.25) is 0 Å². The normalized spacial score (nSPS) is 17.1. The Bertz CT molecular complexity index is 464. The maximum Gasteiger partial charge on any atom is 0.162 e. The van der Waals surface area contributed by atoms with Gasteiger partial charge in [0, 0.05) is 16.9 Å². The standard InChI is InChI=1S/C17H26BrNO2/c1-3-5-7-12(4-2)17(19)13-10-15-16(11-14(13)18)21-9-6-8-20-15/h10-12,17H,3-9,19H2,1-2H3. The Labute approximate surface area is 136 Å². The molecule has 2 unspecified atom stereocenters. The molecule has 4 heteroatoms. The summed E-state index contributed by atoms with van der Waals surface area (Å²) >= 11 is 3.65. The van der Waals surface area contributed by atoms with Gasteiger partial charge < -0.3 is 15.2 Å². The van der Waals surface area contributed by atoms with Crippen LogP contribution in [0.3, 0.4) is 0 Å². The van der Waals surface area contributed by atoms with E-state index in [-0.39, 0.29) is 6.04 Å². The first-order valence-corrected chi connectivity index (χ1v) is 8.81. The minimum absolute atomic E-state index is 0.0353. The molecule has 1 aromatic rings. The molecule has 0 aromatic heterocycles. The van der Waals surface area contributed by atoms with Crippen molar-refractivity contribution < 1.29 is 9.47 Å². The van der Waals surface area contributed by atoms with E-state index in [2.05, 4.69) is 35.8 Å². The summed E-state index contributed by atoms with van der Waals surface area (Å²) in [5, 5.41) is 0. The molecule has 0 spiro atoms. The highest BCUT2D eigenvalue weighted by atomic mass is 79.9. The lowest BCUT2D eigenvalue weighted by atomic mass is 9.87. The van der Waals surface area contributed by atoms with Gasteiger partial charge >= 0.3 is 0 Å². The number of fused-ring (bicyclic) bond motifs is 1. The minimum Gasteiger partial charge on any atom is -0.490 e. The van der Waals surface area contributed by atoms with E-state index in [9.17, 15) is 0 Å². The van der Waals surface area contributed by atoms with Crippen molar-refractivity contribution in [2.75, 3.05) is 13.2 Å². The van der Waals surface area contributed by atoms with Gasteiger partial charge in [0.15, 0.2) is 11.5 Å². The number of ether oxygens (including phenoxy) is 2. The van der Waals surface area contributed by atoms with Crippen LogP contribution in [0.5, 0.6) is 11.5 Å². The molecule has 0 bridgehead atoms. The largest absolute Gasteiger partial charge is 0.490 e. The van der Waals surface area contributed by atoms with Crippen LogP contribution in [0.25, 0.3) is 0 Å². The Hall–Kier alpha value is -0.740. The van der Waals surface area contributed by atoms with Gasteiger partial charge in [-0.1, -0.05) is 49.0 Å². The van der Waals surface area contributed by atoms with Gasteiger partial charge in [-0.25, -0.2) is 0 Å². The van der Waals surface area contributed by atoms with Gasteiger partial charge in [0.1, 0.15) is 0 Å². The second kappa shape index (κ2) is 8.04. The number of halogens is 1. The number of hydrogen-bond acceptors (Lipinski definition) is 3. The lowest BCUT2D eigenvalue weighted by molar-refractivity contribution is 0.296. The highest BCUT2D eigenvalue weighted by Gasteiger charge is 2.22. The molecule has 2 atom stereocenters. The fraction of sp³-hybridized carbons (Fsp3) is 0.647. The Morgan fingerprint density at radius 1 is 1.19 bits per heavy atom. The molecule has 0 aliphatic carbocycles. The summed E-state index contributed by atoms with van der Waals surface area (Å²) in [6.07, 6.45) is 5.64. The maximum atomic E-state index is 6.54. The Balaban J connectivity index is 2.23. The molecule has 2 rings (SSSR count). The first kappa shape index (κ1) is 16.6. The molecule has 0 fully saturated rings. The molecule has 1 heterocycles. The molecule has 1 aliphatic heterocycles. The third-order valence-electron chi connectivity index (χ3n) is 4.19. The molecule has 118 valence electrons. The van der Waals surface area contributed by atoms with E-state index < -0.39 is 0 Å². The molecular formula is C17H26BrNO2. The number of unbranched alkanes of at least 4 members (excludes halogenated alkanes) is 1. The zero-order chi connectivity index (χ0) is 15.2. The molecule has 1 aliphatic rings. The van der Waals surface area contributed by atoms with Crippen molar-refractivity contribution in [3.63, 3.8) is 0 Å². The highest BCUT2D eigenvalue weighted by molar-refractivity contribution is 9.10. The average Bonchev–Trinajstić information content (AvgIpc) is 2.71. The predicted octanol–water partition coefficient (Wildman–Crippen LogP) is 4.83. The topological polar surface area (TPSA) is 44.5 Å². The van der Waals surface area contributed by atoms with E-state index in [4.69, 9.17) is 15.2 Å². The molecule has 3 nitrogen and oxygen atoms in total. The summed E-state index contributed by atoms with van der Waals surface area (Å²) in [5.74, 6) is 2.15. The van der Waals surface area contributed by atoms with Crippen LogP contribution in [-0.4, -0.2) is 13.2 Å². The van der Waals surface area contributed by atoms with E-state index in [0.29, 0.717) is 19.1 Å². The SMILES string of the molecule is CCCCC(CC)C(N)c1cc2c(cc1Br)OCCCO2. The second-order valence-electron chi connectivity index (χ2n) is 5.71. The smallest absolute Gasteiger partial charge is 0.162 e. The van der Waals surface area contributed by atoms with E-state index in [1.165, 1.54) is 19.3 Å². The number of nitrogens with two attached hydrogens (primary N) is 1. The van der Waals surface area contributed by atoms with E-state index in [1.54, 1.807) is 0 Å². The van der Waals surface area contributed by atoms with Crippen molar-refractivity contribution in [1.82, 2.24) is 0 Å². The summed E-state index contributed by atoms with van der Waals surface area (Å²) in [4.78, 5) is 0. The summed E-state index contributed by atoms with van der Waals surface area (Å²) in [5.41, 5.74) is 7.66. The van der Waals surface area contributed by atoms with E-state index in [1.807, 2.05) is 6.07 Å². The van der Waals surface area contributed by atoms with Crippen LogP contribution in [0.4, 0.5) is 0 Å². The molecular weight excluding hydrogens is 330 g/mol. The van der Waals surface area contributed by atoms with Crippen LogP contribution in [0, 0.1) is 5.92 Å². The number of hydrogen-bond donors (Lipinski definition) is 1. The van der Waals surface area contributed by atoms with Gasteiger partial charge in [0.25, 0.3) is 0 Å². The zero-order valence-corrected chi connectivity index (χ0v) is 14.6. The molecule has 21 heavy (non-hydrogen) atoms. The van der Waals surface area contributed by atoms with Crippen molar-refractivity contribution >= 4 is 15.9 Å². The molecule has 0 saturated heterocycles. The third-order valence-corrected chi connectivity index (χ3v) is 4.87. The first-order chi connectivity index (χ1) is 10.2. The van der Waals surface area contributed by atoms with Crippen LogP contribution in [0.2, 0.25) is 0 Å². The van der Waals surface area contributed by atoms with Gasteiger partial charge in [0.2, 0.25) is 0 Å². The Morgan fingerprint density at radius 3 is 2.48 bits per heavy atom. The quantitative estimate of drug-likeness (QED) is 0.794. The fourth-order valence-corrected chi connectivity index (χ4v) is 3.40. The predicted molar refractivity (Wildman–Crippen MR) is 90.0 cm³/mol. The van der Waals surface area contributed by atoms with Crippen molar-refractivity contribution in [3.05, 3.63) is 22.2 Å². The van der Waals surface area contributed by atoms with Crippen LogP contribution in [0.15, 0.2) is 16.6 Å². The van der Waals surface area contributed by atoms with Gasteiger partial charge in [-0.2, -0.15) is 0 Å². The Morgan fingerprint density at radius 2 is 1.86 bits per heavy atom. The maximum absolute atomic E-state index is 6.54. The third kappa shape index (κ3) is 4.13. The molecule has 2 N–H and O–H groups in total. The summed E-state index contributed by atoms with van der Waals surface area (Å²) < 4.78 is 12.5. The number of rotatable bonds is 6. The average molecular weight is 356 g/mol. The molecule has 0 saturated carbocycles. The summed E-state index contributed by atoms with van der Waals surface area (Å²) in [6.45, 7) is 5.86. The monoisotopic (exact) mass is 355 g/mol. The van der Waals surface area contributed by atoms with Crippen molar-refractivity contribution in [2.45, 2.75) is 52.0 Å². The van der Waals surface area contributed by atoms with Crippen molar-refractivity contribution in [1.29, 1.82) is 0 Å². The van der Waals surface area contributed by atoms with Crippen LogP contribution < -0.4 is 15.2 Å². The lowest BCUT2D eigenvalue weighted by Gasteiger charge is -2.25. The molecule has 0 radical (unpaired) electrons. The summed E-state index contributed by atoms with van der Waals surface area (Å²) in [6, 6.07) is 4.10. The van der Waals surface area contributed by atoms with Gasteiger partial charge in [0.05, 0.1) is 13.2 Å². The Kier molecular flexibility index (Phi) is 6.37. The minimum atomic E-state index is 0.0353. The van der Waals surface area contributed by atoms with E-state index in [0.717, 1.165) is 34.4 Å². The second-order valence-corrected chi connectivity index (χ2v) is 6.56.